The van der Waals surface area contributed by atoms with Gasteiger partial charge >= 0.3 is 5.97 Å². The van der Waals surface area contributed by atoms with Gasteiger partial charge in [0.1, 0.15) is 5.75 Å². The molecule has 10 nitrogen and oxygen atoms in total. The number of hydrogen-bond acceptors (Lipinski definition) is 8. The first-order valence-electron chi connectivity index (χ1n) is 11.1. The molecule has 3 aromatic carbocycles. The van der Waals surface area contributed by atoms with E-state index in [9.17, 15) is 19.7 Å². The fourth-order valence-electron chi connectivity index (χ4n) is 3.02. The van der Waals surface area contributed by atoms with Gasteiger partial charge in [-0.3, -0.25) is 14.9 Å². The summed E-state index contributed by atoms with van der Waals surface area (Å²) in [5.41, 5.74) is 3.12. The lowest BCUT2D eigenvalue weighted by atomic mass is 10.2. The molecule has 0 bridgehead atoms. The van der Waals surface area contributed by atoms with E-state index < -0.39 is 16.8 Å². The van der Waals surface area contributed by atoms with Crippen LogP contribution in [0.25, 0.3) is 0 Å². The van der Waals surface area contributed by atoms with Gasteiger partial charge in [-0.1, -0.05) is 19.4 Å². The van der Waals surface area contributed by atoms with Gasteiger partial charge in [0.05, 0.1) is 30.4 Å². The highest BCUT2D eigenvalue weighted by atomic mass is 16.6. The number of amides is 1. The Kier molecular flexibility index (Phi) is 9.10. The molecule has 0 spiro atoms. The monoisotopic (exact) mass is 491 g/mol. The van der Waals surface area contributed by atoms with Gasteiger partial charge in [-0.05, 0) is 60.5 Å². The normalized spacial score (nSPS) is 10.6. The minimum atomic E-state index is -0.603. The Balaban J connectivity index is 1.62. The van der Waals surface area contributed by atoms with E-state index in [1.165, 1.54) is 31.5 Å². The quantitative estimate of drug-likeness (QED) is 0.102. The second-order valence-electron chi connectivity index (χ2n) is 7.53. The molecule has 36 heavy (non-hydrogen) atoms. The first-order valence-corrected chi connectivity index (χ1v) is 11.1. The van der Waals surface area contributed by atoms with E-state index in [-0.39, 0.29) is 22.7 Å². The number of carbonyl (C=O) groups excluding carboxylic acids is 2. The number of rotatable bonds is 11. The lowest BCUT2D eigenvalue weighted by Crippen LogP contribution is -2.17. The highest BCUT2D eigenvalue weighted by molar-refractivity contribution is 5.95. The number of nitro benzene ring substituents is 1. The molecule has 3 rings (SSSR count). The minimum absolute atomic E-state index is 0.0988. The van der Waals surface area contributed by atoms with Crippen LogP contribution in [0.1, 0.15) is 46.0 Å². The molecular formula is C26H25N3O7. The van der Waals surface area contributed by atoms with E-state index in [0.717, 1.165) is 18.9 Å². The number of unbranched alkanes of at least 4 members (excludes halogenated alkanes) is 1. The number of hydrogen-bond donors (Lipinski definition) is 1. The molecule has 0 radical (unpaired) electrons. The van der Waals surface area contributed by atoms with Crippen molar-refractivity contribution in [1.29, 1.82) is 0 Å². The summed E-state index contributed by atoms with van der Waals surface area (Å²) < 4.78 is 16.4. The number of hydrazone groups is 1. The zero-order valence-electron chi connectivity index (χ0n) is 19.8. The van der Waals surface area contributed by atoms with Gasteiger partial charge in [-0.15, -0.1) is 0 Å². The molecule has 10 heteroatoms. The molecular weight excluding hydrogens is 466 g/mol. The zero-order chi connectivity index (χ0) is 25.9. The van der Waals surface area contributed by atoms with Gasteiger partial charge in [0.2, 0.25) is 0 Å². The highest BCUT2D eigenvalue weighted by Gasteiger charge is 2.14. The number of esters is 1. The summed E-state index contributed by atoms with van der Waals surface area (Å²) in [7, 11) is 1.43. The fourth-order valence-corrected chi connectivity index (χ4v) is 3.02. The smallest absolute Gasteiger partial charge is 0.343 e. The van der Waals surface area contributed by atoms with E-state index in [4.69, 9.17) is 14.2 Å². The number of nitrogens with zero attached hydrogens (tertiary/aromatic N) is 2. The second-order valence-corrected chi connectivity index (χ2v) is 7.53. The Bertz CT molecular complexity index is 1260. The number of carbonyl (C=O) groups is 2. The van der Waals surface area contributed by atoms with Gasteiger partial charge < -0.3 is 14.2 Å². The number of methoxy groups -OCH3 is 1. The van der Waals surface area contributed by atoms with Crippen LogP contribution >= 0.6 is 0 Å². The van der Waals surface area contributed by atoms with Crippen LogP contribution in [0.5, 0.6) is 17.2 Å². The molecule has 1 N–H and O–H groups in total. The molecule has 0 fully saturated rings. The predicted octanol–water partition coefficient (Wildman–Crippen LogP) is 4.77. The Morgan fingerprint density at radius 3 is 2.50 bits per heavy atom. The molecule has 3 aromatic rings. The van der Waals surface area contributed by atoms with Crippen molar-refractivity contribution in [2.45, 2.75) is 19.8 Å². The number of nitro groups is 1. The van der Waals surface area contributed by atoms with Crippen molar-refractivity contribution in [3.63, 3.8) is 0 Å². The van der Waals surface area contributed by atoms with Crippen molar-refractivity contribution in [2.75, 3.05) is 13.7 Å². The Labute approximate surface area is 207 Å². The Hall–Kier alpha value is -4.73. The van der Waals surface area contributed by atoms with E-state index in [0.29, 0.717) is 23.5 Å². The van der Waals surface area contributed by atoms with Crippen molar-refractivity contribution >= 4 is 23.8 Å². The first-order chi connectivity index (χ1) is 17.4. The molecule has 0 saturated heterocycles. The maximum atomic E-state index is 12.6. The van der Waals surface area contributed by atoms with Gasteiger partial charge in [0.15, 0.2) is 11.5 Å². The molecule has 0 aliphatic heterocycles. The van der Waals surface area contributed by atoms with Crippen LogP contribution in [-0.2, 0) is 0 Å². The van der Waals surface area contributed by atoms with E-state index >= 15 is 0 Å². The highest BCUT2D eigenvalue weighted by Crippen LogP contribution is 2.28. The molecule has 0 aliphatic rings. The number of benzene rings is 3. The maximum Gasteiger partial charge on any atom is 0.343 e. The molecule has 0 saturated carbocycles. The summed E-state index contributed by atoms with van der Waals surface area (Å²) in [6, 6.07) is 16.7. The zero-order valence-corrected chi connectivity index (χ0v) is 19.8. The van der Waals surface area contributed by atoms with Crippen LogP contribution in [0.2, 0.25) is 0 Å². The molecule has 0 aromatic heterocycles. The fraction of sp³-hybridized carbons (Fsp3) is 0.192. The summed E-state index contributed by atoms with van der Waals surface area (Å²) in [4.78, 5) is 35.0. The first kappa shape index (κ1) is 25.9. The molecule has 0 atom stereocenters. The Morgan fingerprint density at radius 1 is 1.03 bits per heavy atom. The largest absolute Gasteiger partial charge is 0.494 e. The van der Waals surface area contributed by atoms with Crippen molar-refractivity contribution in [3.05, 3.63) is 93.5 Å². The SMILES string of the molecule is CCCCOc1ccc(C(=O)Oc2ccc(/C=N\NC(=O)c3cccc([N+](=O)[O-])c3)cc2OC)cc1. The van der Waals surface area contributed by atoms with Gasteiger partial charge in [-0.2, -0.15) is 5.10 Å². The summed E-state index contributed by atoms with van der Waals surface area (Å²) in [6.07, 6.45) is 3.35. The minimum Gasteiger partial charge on any atom is -0.494 e. The summed E-state index contributed by atoms with van der Waals surface area (Å²) >= 11 is 0. The summed E-state index contributed by atoms with van der Waals surface area (Å²) in [5.74, 6) is 0.0208. The lowest BCUT2D eigenvalue weighted by Gasteiger charge is -2.10. The molecule has 0 unspecified atom stereocenters. The van der Waals surface area contributed by atoms with E-state index in [1.54, 1.807) is 42.5 Å². The predicted molar refractivity (Wildman–Crippen MR) is 133 cm³/mol. The molecule has 1 amide bonds. The van der Waals surface area contributed by atoms with Crippen molar-refractivity contribution < 1.29 is 28.7 Å². The molecule has 186 valence electrons. The standard InChI is InChI=1S/C26H25N3O7/c1-3-4-14-35-22-11-9-19(10-12-22)26(31)36-23-13-8-18(15-24(23)34-2)17-27-28-25(30)20-6-5-7-21(16-20)29(32)33/h5-13,15-17H,3-4,14H2,1-2H3,(H,28,30)/b27-17-. The van der Waals surface area contributed by atoms with Crippen LogP contribution in [0.3, 0.4) is 0 Å². The molecule has 0 aliphatic carbocycles. The van der Waals surface area contributed by atoms with Crippen LogP contribution in [0, 0.1) is 10.1 Å². The third kappa shape index (κ3) is 7.13. The third-order valence-corrected chi connectivity index (χ3v) is 4.95. The average molecular weight is 492 g/mol. The maximum absolute atomic E-state index is 12.6. The number of non-ortho nitro benzene ring substituents is 1. The van der Waals surface area contributed by atoms with Gasteiger partial charge in [-0.25, -0.2) is 10.2 Å². The third-order valence-electron chi connectivity index (χ3n) is 4.95. The van der Waals surface area contributed by atoms with Crippen LogP contribution in [-0.4, -0.2) is 36.7 Å². The number of ether oxygens (including phenoxy) is 3. The van der Waals surface area contributed by atoms with Crippen molar-refractivity contribution in [2.24, 2.45) is 5.10 Å². The summed E-state index contributed by atoms with van der Waals surface area (Å²) in [6.45, 7) is 2.70. The van der Waals surface area contributed by atoms with Crippen LogP contribution in [0.4, 0.5) is 5.69 Å². The average Bonchev–Trinajstić information content (AvgIpc) is 2.89. The van der Waals surface area contributed by atoms with E-state index in [1.807, 2.05) is 0 Å². The lowest BCUT2D eigenvalue weighted by molar-refractivity contribution is -0.384. The number of nitrogens with one attached hydrogen (secondary N) is 1. The van der Waals surface area contributed by atoms with Crippen molar-refractivity contribution in [3.8, 4) is 17.2 Å². The Morgan fingerprint density at radius 2 is 1.81 bits per heavy atom. The second kappa shape index (κ2) is 12.7. The molecule has 0 heterocycles. The summed E-state index contributed by atoms with van der Waals surface area (Å²) in [5, 5.41) is 14.7. The van der Waals surface area contributed by atoms with Gasteiger partial charge in [0, 0.05) is 17.7 Å². The van der Waals surface area contributed by atoms with Crippen LogP contribution in [0.15, 0.2) is 71.8 Å². The van der Waals surface area contributed by atoms with Crippen molar-refractivity contribution in [1.82, 2.24) is 5.43 Å². The topological polar surface area (TPSA) is 129 Å². The van der Waals surface area contributed by atoms with Crippen LogP contribution < -0.4 is 19.6 Å². The van der Waals surface area contributed by atoms with Gasteiger partial charge in [0.25, 0.3) is 11.6 Å². The van der Waals surface area contributed by atoms with E-state index in [2.05, 4.69) is 17.5 Å².